The first-order valence-corrected chi connectivity index (χ1v) is 7.98. The fourth-order valence-electron chi connectivity index (χ4n) is 2.26. The molecule has 0 spiro atoms. The first kappa shape index (κ1) is 16.8. The van der Waals surface area contributed by atoms with Gasteiger partial charge in [0.2, 0.25) is 0 Å². The molecule has 1 heterocycles. The molecule has 2 atom stereocenters. The molecule has 1 N–H and O–H groups in total. The molecular formula is C17H25NO4. The molecule has 122 valence electrons. The Bertz CT molecular complexity index is 432. The number of nitrogens with one attached hydrogen (secondary N) is 1. The number of alkyl carbamates (subject to hydrolysis) is 1. The summed E-state index contributed by atoms with van der Waals surface area (Å²) < 4.78 is 16.4. The Morgan fingerprint density at radius 2 is 2.18 bits per heavy atom. The van der Waals surface area contributed by atoms with E-state index >= 15 is 0 Å². The third kappa shape index (κ3) is 6.03. The largest absolute Gasteiger partial charge is 0.445 e. The fraction of sp³-hybridized carbons (Fsp3) is 0.588. The van der Waals surface area contributed by atoms with Crippen LogP contribution in [0.15, 0.2) is 30.3 Å². The molecule has 2 rings (SSSR count). The van der Waals surface area contributed by atoms with E-state index in [1.54, 1.807) is 0 Å². The molecular weight excluding hydrogens is 282 g/mol. The van der Waals surface area contributed by atoms with Crippen molar-refractivity contribution in [1.82, 2.24) is 5.32 Å². The van der Waals surface area contributed by atoms with Gasteiger partial charge >= 0.3 is 6.09 Å². The maximum absolute atomic E-state index is 11.8. The first-order chi connectivity index (χ1) is 10.8. The molecule has 0 saturated carbocycles. The van der Waals surface area contributed by atoms with E-state index in [1.165, 1.54) is 0 Å². The van der Waals surface area contributed by atoms with Gasteiger partial charge in [-0.25, -0.2) is 4.79 Å². The van der Waals surface area contributed by atoms with Crippen LogP contribution in [0, 0.1) is 0 Å². The van der Waals surface area contributed by atoms with E-state index in [2.05, 4.69) is 5.32 Å². The van der Waals surface area contributed by atoms with Crippen molar-refractivity contribution in [3.63, 3.8) is 0 Å². The van der Waals surface area contributed by atoms with Crippen LogP contribution in [0.3, 0.4) is 0 Å². The van der Waals surface area contributed by atoms with Crippen molar-refractivity contribution in [2.24, 2.45) is 0 Å². The van der Waals surface area contributed by atoms with E-state index in [1.807, 2.05) is 37.3 Å². The molecule has 1 aromatic carbocycles. The molecule has 1 fully saturated rings. The minimum Gasteiger partial charge on any atom is -0.445 e. The van der Waals surface area contributed by atoms with Crippen molar-refractivity contribution in [3.05, 3.63) is 35.9 Å². The molecule has 22 heavy (non-hydrogen) atoms. The van der Waals surface area contributed by atoms with Crippen LogP contribution in [-0.2, 0) is 20.8 Å². The Morgan fingerprint density at radius 1 is 1.36 bits per heavy atom. The highest BCUT2D eigenvalue weighted by molar-refractivity contribution is 5.67. The number of rotatable bonds is 7. The van der Waals surface area contributed by atoms with E-state index < -0.39 is 6.09 Å². The van der Waals surface area contributed by atoms with Gasteiger partial charge in [-0.3, -0.25) is 0 Å². The number of ether oxygens (including phenoxy) is 3. The minimum atomic E-state index is -0.413. The molecule has 0 aromatic heterocycles. The second kappa shape index (κ2) is 9.43. The van der Waals surface area contributed by atoms with Gasteiger partial charge in [-0.05, 0) is 31.2 Å². The molecule has 1 aromatic rings. The lowest BCUT2D eigenvalue weighted by molar-refractivity contribution is -0.165. The summed E-state index contributed by atoms with van der Waals surface area (Å²) in [5.41, 5.74) is 0.970. The van der Waals surface area contributed by atoms with Gasteiger partial charge in [-0.1, -0.05) is 37.3 Å². The van der Waals surface area contributed by atoms with Crippen LogP contribution in [0.25, 0.3) is 0 Å². The lowest BCUT2D eigenvalue weighted by Gasteiger charge is -2.25. The highest BCUT2D eigenvalue weighted by Gasteiger charge is 2.17. The molecule has 0 aliphatic carbocycles. The van der Waals surface area contributed by atoms with Gasteiger partial charge in [0.05, 0.1) is 12.6 Å². The Hall–Kier alpha value is -1.59. The number of carbonyl (C=O) groups is 1. The van der Waals surface area contributed by atoms with Crippen LogP contribution >= 0.6 is 0 Å². The molecule has 1 saturated heterocycles. The van der Waals surface area contributed by atoms with Crippen molar-refractivity contribution < 1.29 is 19.0 Å². The van der Waals surface area contributed by atoms with Gasteiger partial charge in [-0.15, -0.1) is 0 Å². The van der Waals surface area contributed by atoms with Crippen molar-refractivity contribution >= 4 is 6.09 Å². The average molecular weight is 307 g/mol. The van der Waals surface area contributed by atoms with E-state index in [-0.39, 0.29) is 18.9 Å². The van der Waals surface area contributed by atoms with E-state index in [9.17, 15) is 4.79 Å². The van der Waals surface area contributed by atoms with Crippen molar-refractivity contribution in [2.45, 2.75) is 51.5 Å². The fourth-order valence-corrected chi connectivity index (χ4v) is 2.26. The highest BCUT2D eigenvalue weighted by atomic mass is 16.7. The van der Waals surface area contributed by atoms with E-state index in [0.29, 0.717) is 6.61 Å². The van der Waals surface area contributed by atoms with Gasteiger partial charge in [-0.2, -0.15) is 0 Å². The zero-order chi connectivity index (χ0) is 15.6. The van der Waals surface area contributed by atoms with Crippen LogP contribution < -0.4 is 5.32 Å². The van der Waals surface area contributed by atoms with Crippen LogP contribution in [0.5, 0.6) is 0 Å². The van der Waals surface area contributed by atoms with Gasteiger partial charge in [0.15, 0.2) is 6.29 Å². The number of hydrogen-bond donors (Lipinski definition) is 1. The van der Waals surface area contributed by atoms with Crippen molar-refractivity contribution in [3.8, 4) is 0 Å². The SMILES string of the molecule is CC[C@H](COC1CCCCO1)NC(=O)OCc1ccccc1. The summed E-state index contributed by atoms with van der Waals surface area (Å²) in [6, 6.07) is 9.56. The topological polar surface area (TPSA) is 56.8 Å². The zero-order valence-electron chi connectivity index (χ0n) is 13.1. The predicted molar refractivity (Wildman–Crippen MR) is 83.4 cm³/mol. The summed E-state index contributed by atoms with van der Waals surface area (Å²) in [4.78, 5) is 11.8. The highest BCUT2D eigenvalue weighted by Crippen LogP contribution is 2.14. The van der Waals surface area contributed by atoms with Gasteiger partial charge in [0.1, 0.15) is 6.61 Å². The number of carbonyl (C=O) groups excluding carboxylic acids is 1. The molecule has 1 aliphatic heterocycles. The summed E-state index contributed by atoms with van der Waals surface area (Å²) in [5, 5.41) is 2.83. The molecule has 1 aliphatic rings. The summed E-state index contributed by atoms with van der Waals surface area (Å²) in [5.74, 6) is 0. The molecule has 1 unspecified atom stereocenters. The number of benzene rings is 1. The minimum absolute atomic E-state index is 0.0613. The van der Waals surface area contributed by atoms with E-state index in [4.69, 9.17) is 14.2 Å². The summed E-state index contributed by atoms with van der Waals surface area (Å²) >= 11 is 0. The van der Waals surface area contributed by atoms with Crippen LogP contribution in [0.4, 0.5) is 4.79 Å². The molecule has 0 radical (unpaired) electrons. The van der Waals surface area contributed by atoms with Crippen LogP contribution in [0.2, 0.25) is 0 Å². The Kier molecular flexibility index (Phi) is 7.19. The lowest BCUT2D eigenvalue weighted by atomic mass is 10.2. The first-order valence-electron chi connectivity index (χ1n) is 7.98. The normalized spacial score (nSPS) is 19.4. The molecule has 5 nitrogen and oxygen atoms in total. The van der Waals surface area contributed by atoms with Crippen LogP contribution in [0.1, 0.15) is 38.2 Å². The van der Waals surface area contributed by atoms with Crippen LogP contribution in [-0.4, -0.2) is 31.6 Å². The third-order valence-corrected chi connectivity index (χ3v) is 3.65. The van der Waals surface area contributed by atoms with Gasteiger partial charge in [0, 0.05) is 6.61 Å². The Morgan fingerprint density at radius 3 is 2.86 bits per heavy atom. The zero-order valence-corrected chi connectivity index (χ0v) is 13.1. The monoisotopic (exact) mass is 307 g/mol. The third-order valence-electron chi connectivity index (χ3n) is 3.65. The molecule has 1 amide bonds. The number of hydrogen-bond acceptors (Lipinski definition) is 4. The molecule has 0 bridgehead atoms. The van der Waals surface area contributed by atoms with Crippen molar-refractivity contribution in [2.75, 3.05) is 13.2 Å². The average Bonchev–Trinajstić information content (AvgIpc) is 2.58. The smallest absolute Gasteiger partial charge is 0.407 e. The second-order valence-electron chi connectivity index (χ2n) is 5.44. The summed E-state index contributed by atoms with van der Waals surface area (Å²) in [7, 11) is 0. The number of amides is 1. The molecule has 5 heteroatoms. The van der Waals surface area contributed by atoms with E-state index in [0.717, 1.165) is 37.9 Å². The maximum atomic E-state index is 11.8. The van der Waals surface area contributed by atoms with Crippen molar-refractivity contribution in [1.29, 1.82) is 0 Å². The quantitative estimate of drug-likeness (QED) is 0.840. The Labute approximate surface area is 131 Å². The summed E-state index contributed by atoms with van der Waals surface area (Å²) in [6.07, 6.45) is 3.39. The lowest BCUT2D eigenvalue weighted by Crippen LogP contribution is -2.39. The predicted octanol–water partition coefficient (Wildman–Crippen LogP) is 3.23. The van der Waals surface area contributed by atoms with Gasteiger partial charge in [0.25, 0.3) is 0 Å². The summed E-state index contributed by atoms with van der Waals surface area (Å²) in [6.45, 7) is 3.48. The standard InChI is InChI=1S/C17H25NO4/c1-2-15(13-21-16-10-6-7-11-20-16)18-17(19)22-12-14-8-4-3-5-9-14/h3-5,8-9,15-16H,2,6-7,10-13H2,1H3,(H,18,19)/t15-,16?/m1/s1. The Balaban J connectivity index is 1.66. The van der Waals surface area contributed by atoms with Gasteiger partial charge < -0.3 is 19.5 Å². The second-order valence-corrected chi connectivity index (χ2v) is 5.44. The maximum Gasteiger partial charge on any atom is 0.407 e.